The SMILES string of the molecule is NC(CCCCB(O)O)C(O)C1CCCCC1.O=C=O. The van der Waals surface area contributed by atoms with Crippen LogP contribution in [0.15, 0.2) is 0 Å². The first-order chi connectivity index (χ1) is 9.52. The van der Waals surface area contributed by atoms with Crippen molar-refractivity contribution in [1.29, 1.82) is 0 Å². The van der Waals surface area contributed by atoms with Crippen LogP contribution in [0.4, 0.5) is 0 Å². The van der Waals surface area contributed by atoms with E-state index in [9.17, 15) is 5.11 Å². The van der Waals surface area contributed by atoms with Gasteiger partial charge in [0.05, 0.1) is 6.10 Å². The van der Waals surface area contributed by atoms with E-state index in [2.05, 4.69) is 0 Å². The molecule has 6 nitrogen and oxygen atoms in total. The van der Waals surface area contributed by atoms with Gasteiger partial charge in [-0.2, -0.15) is 9.59 Å². The molecule has 0 saturated heterocycles. The van der Waals surface area contributed by atoms with Crippen molar-refractivity contribution in [2.24, 2.45) is 11.7 Å². The Morgan fingerprint density at radius 3 is 2.20 bits per heavy atom. The van der Waals surface area contributed by atoms with Gasteiger partial charge >= 0.3 is 13.3 Å². The molecule has 0 aromatic rings. The van der Waals surface area contributed by atoms with Gasteiger partial charge in [0.2, 0.25) is 0 Å². The van der Waals surface area contributed by atoms with Gasteiger partial charge < -0.3 is 20.9 Å². The fourth-order valence-corrected chi connectivity index (χ4v) is 2.70. The highest BCUT2D eigenvalue weighted by Crippen LogP contribution is 2.28. The number of carbonyl (C=O) groups excluding carboxylic acids is 2. The van der Waals surface area contributed by atoms with Crippen molar-refractivity contribution < 1.29 is 24.7 Å². The van der Waals surface area contributed by atoms with Crippen LogP contribution in [0.5, 0.6) is 0 Å². The number of hydrogen-bond donors (Lipinski definition) is 4. The summed E-state index contributed by atoms with van der Waals surface area (Å²) in [6.07, 6.45) is 8.55. The third kappa shape index (κ3) is 9.23. The zero-order valence-electron chi connectivity index (χ0n) is 11.9. The molecule has 1 rings (SSSR count). The molecule has 5 N–H and O–H groups in total. The van der Waals surface area contributed by atoms with Crippen molar-refractivity contribution >= 4 is 13.3 Å². The van der Waals surface area contributed by atoms with Gasteiger partial charge in [0.1, 0.15) is 0 Å². The fourth-order valence-electron chi connectivity index (χ4n) is 2.70. The van der Waals surface area contributed by atoms with E-state index in [4.69, 9.17) is 25.4 Å². The van der Waals surface area contributed by atoms with Gasteiger partial charge in [-0.25, -0.2) is 0 Å². The van der Waals surface area contributed by atoms with E-state index in [0.29, 0.717) is 12.2 Å². The summed E-state index contributed by atoms with van der Waals surface area (Å²) in [5.74, 6) is 0.377. The molecule has 0 radical (unpaired) electrons. The molecule has 116 valence electrons. The third-order valence-corrected chi connectivity index (χ3v) is 3.82. The maximum absolute atomic E-state index is 10.1. The summed E-state index contributed by atoms with van der Waals surface area (Å²) in [5.41, 5.74) is 5.99. The zero-order chi connectivity index (χ0) is 15.4. The highest BCUT2D eigenvalue weighted by atomic mass is 16.4. The van der Waals surface area contributed by atoms with Crippen molar-refractivity contribution in [3.63, 3.8) is 0 Å². The molecule has 0 aromatic carbocycles. The quantitative estimate of drug-likeness (QED) is 0.395. The topological polar surface area (TPSA) is 121 Å². The first-order valence-corrected chi connectivity index (χ1v) is 7.32. The van der Waals surface area contributed by atoms with Gasteiger partial charge in [-0.15, -0.1) is 0 Å². The molecular weight excluding hydrogens is 261 g/mol. The maximum atomic E-state index is 10.1. The molecule has 2 unspecified atom stereocenters. The smallest absolute Gasteiger partial charge is 0.427 e. The number of unbranched alkanes of at least 4 members (excludes halogenated alkanes) is 1. The van der Waals surface area contributed by atoms with E-state index in [1.54, 1.807) is 0 Å². The lowest BCUT2D eigenvalue weighted by atomic mass is 9.80. The molecule has 1 fully saturated rings. The van der Waals surface area contributed by atoms with Gasteiger partial charge in [0.25, 0.3) is 0 Å². The van der Waals surface area contributed by atoms with E-state index < -0.39 is 7.12 Å². The molecular formula is C13H26BNO5. The zero-order valence-corrected chi connectivity index (χ0v) is 11.9. The second kappa shape index (κ2) is 12.1. The molecule has 1 saturated carbocycles. The van der Waals surface area contributed by atoms with Gasteiger partial charge in [-0.3, -0.25) is 0 Å². The van der Waals surface area contributed by atoms with Crippen LogP contribution in [0.2, 0.25) is 6.32 Å². The minimum atomic E-state index is -1.21. The number of rotatable bonds is 7. The Morgan fingerprint density at radius 2 is 1.70 bits per heavy atom. The molecule has 0 aliphatic heterocycles. The van der Waals surface area contributed by atoms with E-state index >= 15 is 0 Å². The first-order valence-electron chi connectivity index (χ1n) is 7.32. The van der Waals surface area contributed by atoms with Crippen LogP contribution in [0, 0.1) is 5.92 Å². The summed E-state index contributed by atoms with van der Waals surface area (Å²) >= 11 is 0. The number of aliphatic hydroxyl groups is 1. The Balaban J connectivity index is 0.00000110. The van der Waals surface area contributed by atoms with Gasteiger partial charge in [0.15, 0.2) is 0 Å². The Kier molecular flexibility index (Phi) is 11.6. The van der Waals surface area contributed by atoms with E-state index in [1.807, 2.05) is 0 Å². The summed E-state index contributed by atoms with van der Waals surface area (Å²) < 4.78 is 0. The minimum Gasteiger partial charge on any atom is -0.427 e. The predicted molar refractivity (Wildman–Crippen MR) is 74.4 cm³/mol. The van der Waals surface area contributed by atoms with Crippen LogP contribution in [0.1, 0.15) is 51.4 Å². The summed E-state index contributed by atoms with van der Waals surface area (Å²) in [7, 11) is -1.21. The largest absolute Gasteiger partial charge is 0.451 e. The molecule has 7 heteroatoms. The lowest BCUT2D eigenvalue weighted by Gasteiger charge is -2.30. The van der Waals surface area contributed by atoms with Gasteiger partial charge in [0, 0.05) is 6.04 Å². The highest BCUT2D eigenvalue weighted by molar-refractivity contribution is 6.40. The molecule has 20 heavy (non-hydrogen) atoms. The standard InChI is InChI=1S/C12H26BNO3.CO2/c14-11(8-4-5-9-13(16)17)12(15)10-6-2-1-3-7-10;2-1-3/h10-12,15-17H,1-9,14H2;. The summed E-state index contributed by atoms with van der Waals surface area (Å²) in [6, 6.07) is -0.158. The van der Waals surface area contributed by atoms with Crippen molar-refractivity contribution in [2.75, 3.05) is 0 Å². The number of hydrogen-bond acceptors (Lipinski definition) is 6. The summed E-state index contributed by atoms with van der Waals surface area (Å²) in [5, 5.41) is 27.5. The second-order valence-electron chi connectivity index (χ2n) is 5.40. The lowest BCUT2D eigenvalue weighted by Crippen LogP contribution is -2.40. The minimum absolute atomic E-state index is 0.158. The molecule has 0 aromatic heterocycles. The Hall–Kier alpha value is -0.715. The summed E-state index contributed by atoms with van der Waals surface area (Å²) in [6.45, 7) is 0. The van der Waals surface area contributed by atoms with Crippen molar-refractivity contribution in [3.8, 4) is 0 Å². The Morgan fingerprint density at radius 1 is 1.15 bits per heavy atom. The second-order valence-corrected chi connectivity index (χ2v) is 5.40. The number of nitrogens with two attached hydrogens (primary N) is 1. The van der Waals surface area contributed by atoms with Crippen LogP contribution < -0.4 is 5.73 Å². The van der Waals surface area contributed by atoms with Gasteiger partial charge in [-0.05, 0) is 31.5 Å². The highest BCUT2D eigenvalue weighted by Gasteiger charge is 2.26. The van der Waals surface area contributed by atoms with Crippen LogP contribution in [0.25, 0.3) is 0 Å². The summed E-state index contributed by atoms with van der Waals surface area (Å²) in [4.78, 5) is 16.2. The van der Waals surface area contributed by atoms with Crippen molar-refractivity contribution in [1.82, 2.24) is 0 Å². The van der Waals surface area contributed by atoms with Crippen molar-refractivity contribution in [2.45, 2.75) is 69.8 Å². The third-order valence-electron chi connectivity index (χ3n) is 3.82. The van der Waals surface area contributed by atoms with E-state index in [-0.39, 0.29) is 18.3 Å². The molecule has 0 heterocycles. The van der Waals surface area contributed by atoms with Gasteiger partial charge in [-0.1, -0.05) is 32.1 Å². The van der Waals surface area contributed by atoms with Crippen molar-refractivity contribution in [3.05, 3.63) is 0 Å². The molecule has 0 amide bonds. The molecule has 2 atom stereocenters. The van der Waals surface area contributed by atoms with Crippen LogP contribution >= 0.6 is 0 Å². The lowest BCUT2D eigenvalue weighted by molar-refractivity contribution is -0.191. The molecule has 1 aliphatic carbocycles. The molecule has 0 spiro atoms. The fraction of sp³-hybridized carbons (Fsp3) is 0.923. The average molecular weight is 287 g/mol. The maximum Gasteiger partial charge on any atom is 0.451 e. The number of aliphatic hydroxyl groups excluding tert-OH is 1. The molecule has 1 aliphatic rings. The first kappa shape index (κ1) is 19.3. The normalized spacial score (nSPS) is 18.4. The Labute approximate surface area is 120 Å². The molecule has 0 bridgehead atoms. The predicted octanol–water partition coefficient (Wildman–Crippen LogP) is 0.314. The monoisotopic (exact) mass is 287 g/mol. The average Bonchev–Trinajstić information content (AvgIpc) is 2.44. The van der Waals surface area contributed by atoms with Crippen LogP contribution in [-0.2, 0) is 9.59 Å². The van der Waals surface area contributed by atoms with Crippen LogP contribution in [-0.4, -0.2) is 40.6 Å². The van der Waals surface area contributed by atoms with E-state index in [1.165, 1.54) is 19.3 Å². The van der Waals surface area contributed by atoms with E-state index in [0.717, 1.165) is 32.1 Å². The Bertz CT molecular complexity index is 265. The van der Waals surface area contributed by atoms with Crippen LogP contribution in [0.3, 0.4) is 0 Å².